The molecule has 0 atom stereocenters. The van der Waals surface area contributed by atoms with E-state index in [1.807, 2.05) is 0 Å². The van der Waals surface area contributed by atoms with Gasteiger partial charge in [0.15, 0.2) is 0 Å². The maximum absolute atomic E-state index is 1.54. The summed E-state index contributed by atoms with van der Waals surface area (Å²) in [6, 6.07) is 0. The Hall–Kier alpha value is 1.10. The van der Waals surface area contributed by atoms with Crippen LogP contribution >= 0.6 is 0 Å². The first-order valence-electron chi connectivity index (χ1n) is 3.72. The summed E-state index contributed by atoms with van der Waals surface area (Å²) < 4.78 is 1.15. The maximum atomic E-state index is 1.54. The van der Waals surface area contributed by atoms with E-state index in [0.717, 1.165) is 4.51 Å². The van der Waals surface area contributed by atoms with Crippen molar-refractivity contribution < 1.29 is 35.3 Å². The van der Waals surface area contributed by atoms with Crippen LogP contribution in [0.4, 0.5) is 0 Å². The SMILES string of the molecule is [Br-].[Zn+][CH]1CCCCCC1. The fourth-order valence-corrected chi connectivity index (χ4v) is 2.58. The number of rotatable bonds is 0. The van der Waals surface area contributed by atoms with Gasteiger partial charge in [0.25, 0.3) is 0 Å². The molecule has 0 nitrogen and oxygen atoms in total. The normalized spacial score (nSPS) is 22.4. The minimum atomic E-state index is 0. The monoisotopic (exact) mass is 240 g/mol. The van der Waals surface area contributed by atoms with E-state index in [4.69, 9.17) is 0 Å². The fourth-order valence-electron chi connectivity index (χ4n) is 1.36. The van der Waals surface area contributed by atoms with Crippen LogP contribution in [-0.4, -0.2) is 0 Å². The molecule has 0 aromatic rings. The predicted octanol–water partition coefficient (Wildman–Crippen LogP) is -0.320. The summed E-state index contributed by atoms with van der Waals surface area (Å²) >= 11 is 1.54. The molecule has 9 heavy (non-hydrogen) atoms. The molecule has 0 N–H and O–H groups in total. The second-order valence-corrected chi connectivity index (χ2v) is 5.28. The van der Waals surface area contributed by atoms with Gasteiger partial charge in [-0.05, 0) is 0 Å². The summed E-state index contributed by atoms with van der Waals surface area (Å²) in [6.07, 6.45) is 9.14. The summed E-state index contributed by atoms with van der Waals surface area (Å²) in [4.78, 5) is 0. The van der Waals surface area contributed by atoms with E-state index in [2.05, 4.69) is 0 Å². The van der Waals surface area contributed by atoms with Crippen molar-refractivity contribution in [1.82, 2.24) is 0 Å². The predicted molar refractivity (Wildman–Crippen MR) is 31.5 cm³/mol. The molecule has 0 unspecified atom stereocenters. The molecule has 0 aromatic carbocycles. The van der Waals surface area contributed by atoms with Gasteiger partial charge in [0.05, 0.1) is 0 Å². The van der Waals surface area contributed by atoms with Gasteiger partial charge >= 0.3 is 61.3 Å². The van der Waals surface area contributed by atoms with Gasteiger partial charge in [-0.2, -0.15) is 0 Å². The van der Waals surface area contributed by atoms with Crippen LogP contribution in [0.25, 0.3) is 0 Å². The van der Waals surface area contributed by atoms with E-state index < -0.39 is 0 Å². The van der Waals surface area contributed by atoms with E-state index in [1.54, 1.807) is 31.1 Å². The van der Waals surface area contributed by atoms with Crippen molar-refractivity contribution in [2.75, 3.05) is 0 Å². The van der Waals surface area contributed by atoms with Crippen molar-refractivity contribution in [3.63, 3.8) is 0 Å². The molecule has 1 aliphatic carbocycles. The molecule has 0 radical (unpaired) electrons. The Morgan fingerprint density at radius 3 is 1.78 bits per heavy atom. The molecule has 0 heterocycles. The standard InChI is InChI=1S/C7H13.BrH.Zn/c1-2-4-6-7-5-3-1;;/h1H,2-7H2;1H;/q;;+1/p-1. The van der Waals surface area contributed by atoms with Crippen molar-refractivity contribution in [1.29, 1.82) is 0 Å². The van der Waals surface area contributed by atoms with Crippen LogP contribution in [0, 0.1) is 0 Å². The van der Waals surface area contributed by atoms with Gasteiger partial charge in [-0.15, -0.1) is 0 Å². The summed E-state index contributed by atoms with van der Waals surface area (Å²) in [7, 11) is 0. The molecule has 50 valence electrons. The number of halogens is 1. The average molecular weight is 242 g/mol. The minimum absolute atomic E-state index is 0. The van der Waals surface area contributed by atoms with E-state index in [0.29, 0.717) is 0 Å². The first-order chi connectivity index (χ1) is 3.89. The zero-order valence-corrected chi connectivity index (χ0v) is 10.5. The van der Waals surface area contributed by atoms with E-state index in [9.17, 15) is 0 Å². The van der Waals surface area contributed by atoms with Gasteiger partial charge in [-0.1, -0.05) is 0 Å². The van der Waals surface area contributed by atoms with E-state index in [-0.39, 0.29) is 17.0 Å². The fraction of sp³-hybridized carbons (Fsp3) is 1.00. The Balaban J connectivity index is 0.000000640. The third kappa shape index (κ3) is 4.50. The van der Waals surface area contributed by atoms with Crippen LogP contribution in [0.15, 0.2) is 0 Å². The van der Waals surface area contributed by atoms with Gasteiger partial charge in [-0.3, -0.25) is 0 Å². The Morgan fingerprint density at radius 1 is 0.889 bits per heavy atom. The quantitative estimate of drug-likeness (QED) is 0.403. The molecule has 2 heteroatoms. The first kappa shape index (κ1) is 10.1. The Bertz CT molecular complexity index is 57.9. The number of hydrogen-bond acceptors (Lipinski definition) is 0. The molecule has 1 aliphatic rings. The molecular weight excluding hydrogens is 229 g/mol. The Kier molecular flexibility index (Phi) is 6.57. The molecule has 1 fully saturated rings. The van der Waals surface area contributed by atoms with Crippen molar-refractivity contribution in [2.45, 2.75) is 43.0 Å². The van der Waals surface area contributed by atoms with Crippen LogP contribution in [-0.2, 0) is 18.3 Å². The summed E-state index contributed by atoms with van der Waals surface area (Å²) in [6.45, 7) is 0. The van der Waals surface area contributed by atoms with E-state index >= 15 is 0 Å². The molecule has 1 rings (SSSR count). The van der Waals surface area contributed by atoms with Crippen LogP contribution < -0.4 is 17.0 Å². The number of hydrogen-bond donors (Lipinski definition) is 0. The van der Waals surface area contributed by atoms with Gasteiger partial charge in [0.1, 0.15) is 0 Å². The Morgan fingerprint density at radius 2 is 1.33 bits per heavy atom. The van der Waals surface area contributed by atoms with Crippen LogP contribution in [0.5, 0.6) is 0 Å². The molecule has 0 amide bonds. The molecule has 0 aromatic heterocycles. The topological polar surface area (TPSA) is 0 Å². The summed E-state index contributed by atoms with van der Waals surface area (Å²) in [5.41, 5.74) is 0. The second kappa shape index (κ2) is 5.86. The van der Waals surface area contributed by atoms with Crippen LogP contribution in [0.2, 0.25) is 4.51 Å². The second-order valence-electron chi connectivity index (χ2n) is 2.86. The third-order valence-corrected chi connectivity index (χ3v) is 3.69. The zero-order chi connectivity index (χ0) is 5.82. The van der Waals surface area contributed by atoms with Gasteiger partial charge in [0, 0.05) is 0 Å². The zero-order valence-electron chi connectivity index (χ0n) is 5.91. The van der Waals surface area contributed by atoms with Crippen molar-refractivity contribution in [2.24, 2.45) is 0 Å². The van der Waals surface area contributed by atoms with E-state index in [1.165, 1.54) is 25.7 Å². The molecule has 0 saturated heterocycles. The summed E-state index contributed by atoms with van der Waals surface area (Å²) in [5.74, 6) is 0. The Labute approximate surface area is 78.2 Å². The third-order valence-electron chi connectivity index (χ3n) is 1.97. The van der Waals surface area contributed by atoms with Gasteiger partial charge in [0.2, 0.25) is 0 Å². The average Bonchev–Trinajstić information content (AvgIpc) is 1.94. The van der Waals surface area contributed by atoms with Crippen LogP contribution in [0.3, 0.4) is 0 Å². The molecular formula is C7H13BrZn. The molecule has 0 spiro atoms. The summed E-state index contributed by atoms with van der Waals surface area (Å²) in [5, 5.41) is 0. The van der Waals surface area contributed by atoms with Crippen molar-refractivity contribution in [3.05, 3.63) is 0 Å². The van der Waals surface area contributed by atoms with Gasteiger partial charge in [-0.25, -0.2) is 0 Å². The molecule has 0 aliphatic heterocycles. The van der Waals surface area contributed by atoms with Crippen molar-refractivity contribution >= 4 is 0 Å². The molecule has 1 saturated carbocycles. The van der Waals surface area contributed by atoms with Gasteiger partial charge < -0.3 is 17.0 Å². The molecule has 0 bridgehead atoms. The van der Waals surface area contributed by atoms with Crippen LogP contribution in [0.1, 0.15) is 38.5 Å². The first-order valence-corrected chi connectivity index (χ1v) is 5.44. The van der Waals surface area contributed by atoms with Crippen molar-refractivity contribution in [3.8, 4) is 0 Å².